The van der Waals surface area contributed by atoms with Crippen LogP contribution in [0.3, 0.4) is 0 Å². The Kier molecular flexibility index (Phi) is 7.84. The Morgan fingerprint density at radius 3 is 2.43 bits per heavy atom. The topological polar surface area (TPSA) is 66.6 Å². The van der Waals surface area contributed by atoms with Gasteiger partial charge in [-0.15, -0.1) is 12.4 Å². The number of hydrogen-bond donors (Lipinski definition) is 2. The van der Waals surface area contributed by atoms with E-state index in [1.165, 1.54) is 18.2 Å². The molecule has 7 heteroatoms. The fraction of sp³-hybridized carbons (Fsp3) is 0.381. The predicted octanol–water partition coefficient (Wildman–Crippen LogP) is 4.43. The van der Waals surface area contributed by atoms with Crippen molar-refractivity contribution in [3.8, 4) is 0 Å². The second-order valence-electron chi connectivity index (χ2n) is 7.14. The zero-order valence-corrected chi connectivity index (χ0v) is 17.1. The molecule has 0 unspecified atom stereocenters. The van der Waals surface area contributed by atoms with E-state index >= 15 is 0 Å². The van der Waals surface area contributed by atoms with Crippen molar-refractivity contribution < 1.29 is 14.3 Å². The van der Waals surface area contributed by atoms with Crippen molar-refractivity contribution in [1.82, 2.24) is 4.90 Å². The van der Waals surface area contributed by atoms with Gasteiger partial charge in [0.25, 0.3) is 0 Å². The number of likely N-dealkylation sites (tertiary alicyclic amines) is 1. The van der Waals surface area contributed by atoms with E-state index < -0.39 is 11.4 Å². The lowest BCUT2D eigenvalue weighted by Gasteiger charge is -2.38. The van der Waals surface area contributed by atoms with Gasteiger partial charge in [-0.25, -0.2) is 4.39 Å². The summed E-state index contributed by atoms with van der Waals surface area (Å²) in [5.74, 6) is -0.507. The van der Waals surface area contributed by atoms with E-state index in [0.29, 0.717) is 36.3 Å². The Balaban J connectivity index is 0.00000280. The van der Waals surface area contributed by atoms with Crippen LogP contribution in [0, 0.1) is 5.82 Å². The fourth-order valence-corrected chi connectivity index (χ4v) is 3.71. The van der Waals surface area contributed by atoms with E-state index in [0.717, 1.165) is 25.2 Å². The van der Waals surface area contributed by atoms with Crippen molar-refractivity contribution in [2.75, 3.05) is 25.4 Å². The Morgan fingerprint density at radius 1 is 1.18 bits per heavy atom. The molecule has 1 aliphatic heterocycles. The predicted molar refractivity (Wildman–Crippen MR) is 113 cm³/mol. The number of aliphatic hydroxyl groups is 1. The highest BCUT2D eigenvalue weighted by Crippen LogP contribution is 2.33. The molecule has 1 saturated heterocycles. The van der Waals surface area contributed by atoms with Gasteiger partial charge in [-0.05, 0) is 61.7 Å². The van der Waals surface area contributed by atoms with E-state index in [9.17, 15) is 14.3 Å². The number of carbonyl (C=O) groups excluding carboxylic acids is 1. The number of hydrogen-bond acceptors (Lipinski definition) is 4. The van der Waals surface area contributed by atoms with Crippen LogP contribution in [0.2, 0.25) is 5.02 Å². The zero-order chi connectivity index (χ0) is 19.4. The normalized spacial score (nSPS) is 16.4. The van der Waals surface area contributed by atoms with Gasteiger partial charge >= 0.3 is 0 Å². The fourth-order valence-electron chi connectivity index (χ4n) is 3.58. The summed E-state index contributed by atoms with van der Waals surface area (Å²) in [6.45, 7) is 2.32. The number of carbonyl (C=O) groups is 1. The molecule has 28 heavy (non-hydrogen) atoms. The van der Waals surface area contributed by atoms with Crippen LogP contribution in [0.1, 0.15) is 41.6 Å². The Labute approximate surface area is 175 Å². The number of nitrogens with zero attached hydrogens (tertiary/aromatic N) is 1. The lowest BCUT2D eigenvalue weighted by Crippen LogP contribution is -2.42. The first-order valence-corrected chi connectivity index (χ1v) is 9.54. The third-order valence-corrected chi connectivity index (χ3v) is 5.51. The van der Waals surface area contributed by atoms with Crippen molar-refractivity contribution in [1.29, 1.82) is 0 Å². The highest BCUT2D eigenvalue weighted by atomic mass is 35.5. The first-order valence-electron chi connectivity index (χ1n) is 9.16. The van der Waals surface area contributed by atoms with Crippen LogP contribution >= 0.6 is 24.0 Å². The van der Waals surface area contributed by atoms with Crippen LogP contribution in [0.4, 0.5) is 10.1 Å². The minimum atomic E-state index is -0.820. The highest BCUT2D eigenvalue weighted by Gasteiger charge is 2.33. The van der Waals surface area contributed by atoms with Gasteiger partial charge in [0, 0.05) is 35.8 Å². The maximum Gasteiger partial charge on any atom is 0.164 e. The second-order valence-corrected chi connectivity index (χ2v) is 7.57. The molecule has 0 saturated carbocycles. The third-order valence-electron chi connectivity index (χ3n) is 5.26. The van der Waals surface area contributed by atoms with Crippen LogP contribution in [0.5, 0.6) is 0 Å². The monoisotopic (exact) mass is 426 g/mol. The Morgan fingerprint density at radius 2 is 1.82 bits per heavy atom. The molecule has 3 rings (SSSR count). The molecule has 152 valence electrons. The lowest BCUT2D eigenvalue weighted by atomic mass is 9.84. The van der Waals surface area contributed by atoms with Gasteiger partial charge in [-0.2, -0.15) is 0 Å². The molecule has 2 aromatic carbocycles. The summed E-state index contributed by atoms with van der Waals surface area (Å²) >= 11 is 5.92. The molecule has 0 aliphatic carbocycles. The van der Waals surface area contributed by atoms with Gasteiger partial charge in [-0.1, -0.05) is 23.7 Å². The van der Waals surface area contributed by atoms with Gasteiger partial charge < -0.3 is 15.7 Å². The number of benzene rings is 2. The van der Waals surface area contributed by atoms with Crippen LogP contribution in [-0.2, 0) is 5.60 Å². The minimum Gasteiger partial charge on any atom is -0.398 e. The summed E-state index contributed by atoms with van der Waals surface area (Å²) in [7, 11) is 0. The van der Waals surface area contributed by atoms with E-state index in [2.05, 4.69) is 4.90 Å². The molecule has 0 spiro atoms. The minimum absolute atomic E-state index is 0. The van der Waals surface area contributed by atoms with Crippen LogP contribution in [0.25, 0.3) is 0 Å². The van der Waals surface area contributed by atoms with E-state index in [1.807, 2.05) is 12.1 Å². The van der Waals surface area contributed by atoms with Crippen molar-refractivity contribution in [2.24, 2.45) is 0 Å². The summed E-state index contributed by atoms with van der Waals surface area (Å²) in [4.78, 5) is 14.5. The SMILES string of the molecule is Cl.Nc1cc(F)ccc1C(=O)CCCN1CCC(O)(c2ccc(Cl)cc2)CC1. The zero-order valence-electron chi connectivity index (χ0n) is 15.5. The van der Waals surface area contributed by atoms with Crippen LogP contribution in [-0.4, -0.2) is 35.4 Å². The first-order chi connectivity index (χ1) is 12.9. The van der Waals surface area contributed by atoms with Crippen LogP contribution in [0.15, 0.2) is 42.5 Å². The summed E-state index contributed by atoms with van der Waals surface area (Å²) in [5, 5.41) is 11.6. The second kappa shape index (κ2) is 9.70. The maximum atomic E-state index is 13.1. The van der Waals surface area contributed by atoms with Gasteiger partial charge in [-0.3, -0.25) is 4.79 Å². The lowest BCUT2D eigenvalue weighted by molar-refractivity contribution is -0.0260. The van der Waals surface area contributed by atoms with Crippen LogP contribution < -0.4 is 5.73 Å². The summed E-state index contributed by atoms with van der Waals surface area (Å²) in [5.41, 5.74) is 6.37. The number of nitrogens with two attached hydrogens (primary N) is 1. The van der Waals surface area contributed by atoms with Crippen molar-refractivity contribution in [2.45, 2.75) is 31.3 Å². The largest absolute Gasteiger partial charge is 0.398 e. The molecule has 0 amide bonds. The van der Waals surface area contributed by atoms with Gasteiger partial charge in [0.15, 0.2) is 5.78 Å². The standard InChI is InChI=1S/C21H24ClFN2O2.ClH/c22-16-5-3-15(4-6-16)21(27)9-12-25(13-10-21)11-1-2-20(26)18-8-7-17(23)14-19(18)24;/h3-8,14,27H,1-2,9-13,24H2;1H. The van der Waals surface area contributed by atoms with Crippen molar-refractivity contribution in [3.05, 3.63) is 64.4 Å². The molecule has 0 radical (unpaired) electrons. The maximum absolute atomic E-state index is 13.1. The molecule has 1 aliphatic rings. The number of Topliss-reactive ketones (excluding diaryl/α,β-unsaturated/α-hetero) is 1. The molecule has 1 heterocycles. The van der Waals surface area contributed by atoms with E-state index in [4.69, 9.17) is 17.3 Å². The smallest absolute Gasteiger partial charge is 0.164 e. The number of nitrogen functional groups attached to an aromatic ring is 1. The molecule has 3 N–H and O–H groups in total. The van der Waals surface area contributed by atoms with Crippen molar-refractivity contribution >= 4 is 35.5 Å². The number of piperidine rings is 1. The van der Waals surface area contributed by atoms with Gasteiger partial charge in [0.05, 0.1) is 5.60 Å². The number of anilines is 1. The van der Waals surface area contributed by atoms with E-state index in [1.54, 1.807) is 12.1 Å². The molecular formula is C21H25Cl2FN2O2. The first kappa shape index (κ1) is 22.6. The number of rotatable bonds is 6. The average molecular weight is 427 g/mol. The summed E-state index contributed by atoms with van der Waals surface area (Å²) in [6.07, 6.45) is 2.36. The number of ketones is 1. The number of halogens is 3. The molecule has 4 nitrogen and oxygen atoms in total. The molecule has 2 aromatic rings. The highest BCUT2D eigenvalue weighted by molar-refractivity contribution is 6.30. The van der Waals surface area contributed by atoms with Crippen molar-refractivity contribution in [3.63, 3.8) is 0 Å². The molecule has 0 atom stereocenters. The Bertz CT molecular complexity index is 807. The third kappa shape index (κ3) is 5.45. The summed E-state index contributed by atoms with van der Waals surface area (Å²) in [6, 6.07) is 11.2. The molecule has 0 aromatic heterocycles. The molecular weight excluding hydrogens is 402 g/mol. The quantitative estimate of drug-likeness (QED) is 0.529. The Hall–Kier alpha value is -1.66. The molecule has 0 bridgehead atoms. The van der Waals surface area contributed by atoms with Gasteiger partial charge in [0.1, 0.15) is 5.82 Å². The summed E-state index contributed by atoms with van der Waals surface area (Å²) < 4.78 is 13.1. The molecule has 1 fully saturated rings. The average Bonchev–Trinajstić information content (AvgIpc) is 2.64. The van der Waals surface area contributed by atoms with Gasteiger partial charge in [0.2, 0.25) is 0 Å². The van der Waals surface area contributed by atoms with E-state index in [-0.39, 0.29) is 23.9 Å².